The first-order valence-corrected chi connectivity index (χ1v) is 16.3. The van der Waals surface area contributed by atoms with Gasteiger partial charge in [0.2, 0.25) is 0 Å². The van der Waals surface area contributed by atoms with Crippen molar-refractivity contribution >= 4 is 22.8 Å². The number of nitrogen functional groups attached to an aromatic ring is 1. The van der Waals surface area contributed by atoms with Gasteiger partial charge in [-0.25, -0.2) is 19.0 Å². The minimum atomic E-state index is -0.539. The van der Waals surface area contributed by atoms with Gasteiger partial charge in [0.1, 0.15) is 46.8 Å². The fourth-order valence-corrected chi connectivity index (χ4v) is 6.18. The first-order chi connectivity index (χ1) is 23.2. The van der Waals surface area contributed by atoms with E-state index in [1.807, 2.05) is 18.2 Å². The molecular formula is C36H43FN8O3. The van der Waals surface area contributed by atoms with Crippen LogP contribution in [-0.2, 0) is 16.1 Å². The molecule has 0 bridgehead atoms. The number of carbonyl (C=O) groups is 1. The Bertz CT molecular complexity index is 1800. The van der Waals surface area contributed by atoms with Gasteiger partial charge in [-0.2, -0.15) is 10.4 Å². The molecular weight excluding hydrogens is 611 g/mol. The van der Waals surface area contributed by atoms with E-state index in [2.05, 4.69) is 41.7 Å². The van der Waals surface area contributed by atoms with Gasteiger partial charge in [-0.3, -0.25) is 9.69 Å². The Hall–Kier alpha value is -4.86. The summed E-state index contributed by atoms with van der Waals surface area (Å²) in [7, 11) is 1.71. The van der Waals surface area contributed by atoms with E-state index in [9.17, 15) is 10.1 Å². The molecule has 11 nitrogen and oxygen atoms in total. The number of nitrogens with two attached hydrogens (primary N) is 1. The maximum Gasteiger partial charge on any atom is 0.264 e. The van der Waals surface area contributed by atoms with Crippen LogP contribution < -0.4 is 10.5 Å². The summed E-state index contributed by atoms with van der Waals surface area (Å²) >= 11 is 0. The number of nitriles is 1. The number of hydrogen-bond acceptors (Lipinski definition) is 9. The molecule has 48 heavy (non-hydrogen) atoms. The zero-order chi connectivity index (χ0) is 34.3. The molecule has 4 aromatic rings. The van der Waals surface area contributed by atoms with E-state index >= 15 is 4.39 Å². The van der Waals surface area contributed by atoms with Crippen molar-refractivity contribution in [1.29, 1.82) is 5.26 Å². The number of unbranched alkanes of at least 4 members (excludes halogenated alkanes) is 1. The maximum atomic E-state index is 15.5. The van der Waals surface area contributed by atoms with Gasteiger partial charge in [0.05, 0.1) is 24.6 Å². The topological polar surface area (TPSA) is 135 Å². The molecule has 1 atom stereocenters. The highest BCUT2D eigenvalue weighted by molar-refractivity contribution is 5.99. The number of likely N-dealkylation sites (N-methyl/N-ethyl adjacent to an activating group) is 1. The summed E-state index contributed by atoms with van der Waals surface area (Å²) in [6, 6.07) is 15.6. The first kappa shape index (κ1) is 34.5. The number of methoxy groups -OCH3 is 1. The Kier molecular flexibility index (Phi) is 11.0. The third-order valence-electron chi connectivity index (χ3n) is 9.02. The lowest BCUT2D eigenvalue weighted by Gasteiger charge is -2.40. The van der Waals surface area contributed by atoms with Crippen LogP contribution in [0.1, 0.15) is 46.5 Å². The number of rotatable bonds is 15. The van der Waals surface area contributed by atoms with E-state index in [0.717, 1.165) is 32.4 Å². The molecule has 1 amide bonds. The Morgan fingerprint density at radius 3 is 2.67 bits per heavy atom. The number of halogens is 1. The number of para-hydroxylation sites is 1. The zero-order valence-electron chi connectivity index (χ0n) is 28.0. The second-order valence-corrected chi connectivity index (χ2v) is 12.5. The molecule has 1 saturated heterocycles. The lowest BCUT2D eigenvalue weighted by molar-refractivity contribution is -0.134. The summed E-state index contributed by atoms with van der Waals surface area (Å²) in [6.07, 6.45) is 6.21. The number of likely N-dealkylation sites (tertiary alicyclic amines) is 1. The number of allylic oxidation sites excluding steroid dienone is 1. The van der Waals surface area contributed by atoms with Crippen LogP contribution in [0.4, 0.5) is 10.2 Å². The Morgan fingerprint density at radius 1 is 1.21 bits per heavy atom. The summed E-state index contributed by atoms with van der Waals surface area (Å²) in [5.41, 5.74) is 7.33. The highest BCUT2D eigenvalue weighted by Gasteiger charge is 2.35. The molecule has 12 heteroatoms. The molecule has 0 radical (unpaired) electrons. The van der Waals surface area contributed by atoms with Crippen LogP contribution in [0.3, 0.4) is 0 Å². The lowest BCUT2D eigenvalue weighted by atomic mass is 9.94. The number of nitrogens with zero attached hydrogens (tertiary/aromatic N) is 7. The SMILES string of the molecule is CCN(CCOC)C(C)(C)CCCC=C(C#N)C(=O)N1CCC1Cn1nc(-c2ccc(Oc3ccccc3)cc2F)c2c(N)ncnc21. The van der Waals surface area contributed by atoms with E-state index < -0.39 is 5.82 Å². The highest BCUT2D eigenvalue weighted by Crippen LogP contribution is 2.35. The second kappa shape index (κ2) is 15.4. The predicted octanol–water partition coefficient (Wildman–Crippen LogP) is 5.97. The first-order valence-electron chi connectivity index (χ1n) is 16.3. The summed E-state index contributed by atoms with van der Waals surface area (Å²) in [5.74, 6) is 0.268. The molecule has 1 aliphatic heterocycles. The highest BCUT2D eigenvalue weighted by atomic mass is 19.1. The normalized spacial score (nSPS) is 15.1. The van der Waals surface area contributed by atoms with Gasteiger partial charge in [-0.1, -0.05) is 31.2 Å². The number of carbonyl (C=O) groups excluding carboxylic acids is 1. The summed E-state index contributed by atoms with van der Waals surface area (Å²) < 4.78 is 28.2. The molecule has 0 saturated carbocycles. The molecule has 2 N–H and O–H groups in total. The molecule has 5 rings (SSSR count). The number of aromatic nitrogens is 4. The van der Waals surface area contributed by atoms with Gasteiger partial charge >= 0.3 is 0 Å². The second-order valence-electron chi connectivity index (χ2n) is 12.5. The van der Waals surface area contributed by atoms with Gasteiger partial charge in [0.15, 0.2) is 5.65 Å². The van der Waals surface area contributed by atoms with Crippen molar-refractivity contribution in [2.45, 2.75) is 64.6 Å². The molecule has 1 unspecified atom stereocenters. The zero-order valence-corrected chi connectivity index (χ0v) is 28.0. The van der Waals surface area contributed by atoms with Crippen molar-refractivity contribution in [3.8, 4) is 28.8 Å². The fourth-order valence-electron chi connectivity index (χ4n) is 6.18. The Morgan fingerprint density at radius 2 is 2.00 bits per heavy atom. The van der Waals surface area contributed by atoms with Crippen molar-refractivity contribution in [3.63, 3.8) is 0 Å². The monoisotopic (exact) mass is 654 g/mol. The van der Waals surface area contributed by atoms with E-state index in [0.29, 0.717) is 54.3 Å². The summed E-state index contributed by atoms with van der Waals surface area (Å²) in [5, 5.41) is 15.0. The molecule has 1 aliphatic rings. The van der Waals surface area contributed by atoms with Crippen molar-refractivity contribution in [2.24, 2.45) is 0 Å². The smallest absolute Gasteiger partial charge is 0.264 e. The van der Waals surface area contributed by atoms with Gasteiger partial charge < -0.3 is 20.1 Å². The lowest BCUT2D eigenvalue weighted by Crippen LogP contribution is -2.53. The minimum Gasteiger partial charge on any atom is -0.457 e. The molecule has 0 aliphatic carbocycles. The van der Waals surface area contributed by atoms with Gasteiger partial charge in [-0.05, 0) is 70.3 Å². The molecule has 3 heterocycles. The van der Waals surface area contributed by atoms with Crippen LogP contribution in [0.25, 0.3) is 22.3 Å². The summed E-state index contributed by atoms with van der Waals surface area (Å²) in [4.78, 5) is 26.1. The maximum absolute atomic E-state index is 15.5. The third kappa shape index (κ3) is 7.64. The Labute approximate surface area is 280 Å². The summed E-state index contributed by atoms with van der Waals surface area (Å²) in [6.45, 7) is 9.84. The number of ether oxygens (including phenoxy) is 2. The molecule has 1 fully saturated rings. The average molecular weight is 655 g/mol. The predicted molar refractivity (Wildman–Crippen MR) is 183 cm³/mol. The quantitative estimate of drug-likeness (QED) is 0.0934. The van der Waals surface area contributed by atoms with Crippen LogP contribution in [0.2, 0.25) is 0 Å². The van der Waals surface area contributed by atoms with Crippen molar-refractivity contribution in [3.05, 3.63) is 72.3 Å². The number of hydrogen-bond donors (Lipinski definition) is 1. The van der Waals surface area contributed by atoms with Crippen molar-refractivity contribution < 1.29 is 18.7 Å². The van der Waals surface area contributed by atoms with Gasteiger partial charge in [0.25, 0.3) is 5.91 Å². The van der Waals surface area contributed by atoms with Crippen molar-refractivity contribution in [1.82, 2.24) is 29.5 Å². The number of amides is 1. The largest absolute Gasteiger partial charge is 0.457 e. The van der Waals surface area contributed by atoms with Crippen LogP contribution in [0.5, 0.6) is 11.5 Å². The van der Waals surface area contributed by atoms with Crippen LogP contribution in [-0.4, -0.2) is 80.4 Å². The minimum absolute atomic E-state index is 0.0280. The van der Waals surface area contributed by atoms with Gasteiger partial charge in [0, 0.05) is 37.4 Å². The van der Waals surface area contributed by atoms with E-state index in [1.165, 1.54) is 12.4 Å². The molecule has 2 aromatic heterocycles. The van der Waals surface area contributed by atoms with Crippen LogP contribution in [0.15, 0.2) is 66.5 Å². The molecule has 252 valence electrons. The number of anilines is 1. The molecule has 0 spiro atoms. The van der Waals surface area contributed by atoms with E-state index in [-0.39, 0.29) is 34.4 Å². The number of fused-ring (bicyclic) bond motifs is 1. The Balaban J connectivity index is 1.29. The van der Waals surface area contributed by atoms with E-state index in [4.69, 9.17) is 20.3 Å². The van der Waals surface area contributed by atoms with E-state index in [1.54, 1.807) is 47.0 Å². The fraction of sp³-hybridized carbons (Fsp3) is 0.417. The number of benzene rings is 2. The molecule has 2 aromatic carbocycles. The average Bonchev–Trinajstić information content (AvgIpc) is 3.43. The van der Waals surface area contributed by atoms with Crippen molar-refractivity contribution in [2.75, 3.05) is 39.1 Å². The van der Waals surface area contributed by atoms with Crippen LogP contribution >= 0.6 is 0 Å². The third-order valence-corrected chi connectivity index (χ3v) is 9.02. The van der Waals surface area contributed by atoms with Gasteiger partial charge in [-0.15, -0.1) is 0 Å². The van der Waals surface area contributed by atoms with Crippen LogP contribution in [0, 0.1) is 17.1 Å². The standard InChI is InChI=1S/C36H43FN8O3/c1-5-43(19-20-47-4)36(2,3)17-10-9-11-25(22-38)35(46)44-18-16-26(44)23-45-34-31(33(39)40-24-41-34)32(42-45)29-15-14-28(21-30(29)37)48-27-12-7-6-8-13-27/h6-8,11-15,21,24,26H,5,9-10,16-20,23H2,1-4H3,(H2,39,40,41).